The molecule has 0 radical (unpaired) electrons. The first kappa shape index (κ1) is 14.6. The van der Waals surface area contributed by atoms with Crippen LogP contribution in [0.1, 0.15) is 24.0 Å². The average Bonchev–Trinajstić information content (AvgIpc) is 3.00. The van der Waals surface area contributed by atoms with E-state index in [9.17, 15) is 0 Å². The molecule has 0 spiro atoms. The van der Waals surface area contributed by atoms with Crippen LogP contribution in [0.2, 0.25) is 0 Å². The molecule has 110 valence electrons. The number of rotatable bonds is 4. The minimum absolute atomic E-state index is 0.397. The van der Waals surface area contributed by atoms with Gasteiger partial charge in [-0.25, -0.2) is 4.98 Å². The van der Waals surface area contributed by atoms with Crippen molar-refractivity contribution in [3.63, 3.8) is 0 Å². The number of benzene rings is 1. The summed E-state index contributed by atoms with van der Waals surface area (Å²) in [4.78, 5) is 4.61. The summed E-state index contributed by atoms with van der Waals surface area (Å²) in [7, 11) is 1.95. The highest BCUT2D eigenvalue weighted by molar-refractivity contribution is 9.10. The van der Waals surface area contributed by atoms with Gasteiger partial charge in [0.2, 0.25) is 0 Å². The van der Waals surface area contributed by atoms with E-state index in [0.29, 0.717) is 5.88 Å². The van der Waals surface area contributed by atoms with Crippen LogP contribution in [0.4, 0.5) is 0 Å². The Labute approximate surface area is 136 Å². The third-order valence-corrected chi connectivity index (χ3v) is 4.30. The van der Waals surface area contributed by atoms with Gasteiger partial charge < -0.3 is 4.57 Å². The molecule has 21 heavy (non-hydrogen) atoms. The summed E-state index contributed by atoms with van der Waals surface area (Å²) >= 11 is 9.60. The lowest BCUT2D eigenvalue weighted by Gasteiger charge is -2.07. The molecule has 0 aliphatic rings. The summed E-state index contributed by atoms with van der Waals surface area (Å²) < 4.78 is 5.08. The molecule has 0 saturated heterocycles. The maximum Gasteiger partial charge on any atom is 0.125 e. The number of imidazole rings is 1. The number of halogens is 2. The predicted octanol–water partition coefficient (Wildman–Crippen LogP) is 3.88. The van der Waals surface area contributed by atoms with Crippen molar-refractivity contribution < 1.29 is 0 Å². The monoisotopic (exact) mass is 366 g/mol. The summed E-state index contributed by atoms with van der Waals surface area (Å²) in [6.45, 7) is 2.86. The molecule has 0 amide bonds. The maximum absolute atomic E-state index is 6.07. The van der Waals surface area contributed by atoms with E-state index in [1.54, 1.807) is 0 Å². The van der Waals surface area contributed by atoms with Crippen LogP contribution in [-0.2, 0) is 25.9 Å². The molecule has 2 heterocycles. The van der Waals surface area contributed by atoms with Gasteiger partial charge in [0.1, 0.15) is 5.82 Å². The minimum Gasteiger partial charge on any atom is -0.322 e. The molecule has 0 atom stereocenters. The Balaban J connectivity index is 2.12. The zero-order valence-corrected chi connectivity index (χ0v) is 14.3. The molecule has 0 bridgehead atoms. The van der Waals surface area contributed by atoms with E-state index in [1.807, 2.05) is 23.9 Å². The van der Waals surface area contributed by atoms with E-state index in [1.165, 1.54) is 5.56 Å². The first-order valence-electron chi connectivity index (χ1n) is 6.84. The van der Waals surface area contributed by atoms with Crippen LogP contribution in [0.25, 0.3) is 11.0 Å². The van der Waals surface area contributed by atoms with Crippen molar-refractivity contribution in [2.75, 3.05) is 0 Å². The van der Waals surface area contributed by atoms with Crippen molar-refractivity contribution >= 4 is 38.6 Å². The van der Waals surface area contributed by atoms with Gasteiger partial charge in [-0.2, -0.15) is 5.10 Å². The van der Waals surface area contributed by atoms with Crippen molar-refractivity contribution in [1.29, 1.82) is 0 Å². The first-order chi connectivity index (χ1) is 10.1. The zero-order chi connectivity index (χ0) is 15.0. The van der Waals surface area contributed by atoms with Gasteiger partial charge in [0.25, 0.3) is 0 Å². The molecular weight excluding hydrogens is 352 g/mol. The third kappa shape index (κ3) is 2.72. The van der Waals surface area contributed by atoms with Gasteiger partial charge in [-0.15, -0.1) is 11.6 Å². The highest BCUT2D eigenvalue weighted by atomic mass is 79.9. The van der Waals surface area contributed by atoms with Crippen LogP contribution in [0, 0.1) is 0 Å². The second-order valence-corrected chi connectivity index (χ2v) is 6.19. The number of nitrogens with zero attached hydrogens (tertiary/aromatic N) is 4. The van der Waals surface area contributed by atoms with Crippen molar-refractivity contribution in [3.8, 4) is 0 Å². The summed E-state index contributed by atoms with van der Waals surface area (Å²) in [6.07, 6.45) is 2.99. The van der Waals surface area contributed by atoms with E-state index in [0.717, 1.165) is 40.0 Å². The molecule has 0 unspecified atom stereocenters. The van der Waals surface area contributed by atoms with Gasteiger partial charge in [0.15, 0.2) is 0 Å². The predicted molar refractivity (Wildman–Crippen MR) is 88.7 cm³/mol. The van der Waals surface area contributed by atoms with E-state index in [4.69, 9.17) is 11.6 Å². The number of aryl methyl sites for hydroxylation is 2. The number of fused-ring (bicyclic) bond motifs is 1. The van der Waals surface area contributed by atoms with Gasteiger partial charge in [0.05, 0.1) is 29.2 Å². The number of alkyl halides is 1. The smallest absolute Gasteiger partial charge is 0.125 e. The molecule has 3 aromatic rings. The highest BCUT2D eigenvalue weighted by Crippen LogP contribution is 2.23. The molecule has 1 aromatic carbocycles. The molecule has 6 heteroatoms. The van der Waals surface area contributed by atoms with Crippen LogP contribution in [-0.4, -0.2) is 19.3 Å². The second kappa shape index (κ2) is 5.81. The van der Waals surface area contributed by atoms with Crippen molar-refractivity contribution in [2.45, 2.75) is 25.8 Å². The van der Waals surface area contributed by atoms with Crippen LogP contribution in [0.3, 0.4) is 0 Å². The summed E-state index contributed by atoms with van der Waals surface area (Å²) in [5.41, 5.74) is 4.39. The van der Waals surface area contributed by atoms with Crippen LogP contribution < -0.4 is 0 Å². The molecule has 0 saturated carbocycles. The molecule has 0 aliphatic carbocycles. The van der Waals surface area contributed by atoms with Crippen molar-refractivity contribution in [2.24, 2.45) is 7.05 Å². The average molecular weight is 368 g/mol. The molecule has 3 rings (SSSR count). The van der Waals surface area contributed by atoms with Gasteiger partial charge >= 0.3 is 0 Å². The molecule has 0 fully saturated rings. The van der Waals surface area contributed by atoms with E-state index < -0.39 is 0 Å². The Morgan fingerprint density at radius 2 is 2.14 bits per heavy atom. The lowest BCUT2D eigenvalue weighted by Crippen LogP contribution is -2.05. The van der Waals surface area contributed by atoms with Crippen LogP contribution >= 0.6 is 27.5 Å². The molecule has 0 N–H and O–H groups in total. The Morgan fingerprint density at radius 3 is 2.86 bits per heavy atom. The minimum atomic E-state index is 0.397. The lowest BCUT2D eigenvalue weighted by molar-refractivity contribution is 0.746. The second-order valence-electron chi connectivity index (χ2n) is 5.01. The van der Waals surface area contributed by atoms with Crippen LogP contribution in [0.5, 0.6) is 0 Å². The molecule has 4 nitrogen and oxygen atoms in total. The number of hydrogen-bond acceptors (Lipinski definition) is 2. The van der Waals surface area contributed by atoms with Crippen LogP contribution in [0.15, 0.2) is 28.9 Å². The summed E-state index contributed by atoms with van der Waals surface area (Å²) in [6, 6.07) is 6.09. The van der Waals surface area contributed by atoms with Gasteiger partial charge in [-0.1, -0.05) is 22.9 Å². The Hall–Kier alpha value is -1.33. The van der Waals surface area contributed by atoms with E-state index in [-0.39, 0.29) is 0 Å². The van der Waals surface area contributed by atoms with Crippen molar-refractivity contribution in [3.05, 3.63) is 46.0 Å². The highest BCUT2D eigenvalue weighted by Gasteiger charge is 2.14. The Morgan fingerprint density at radius 1 is 1.33 bits per heavy atom. The lowest BCUT2D eigenvalue weighted by atomic mass is 10.2. The fraction of sp³-hybridized carbons (Fsp3) is 0.333. The van der Waals surface area contributed by atoms with E-state index >= 15 is 0 Å². The quantitative estimate of drug-likeness (QED) is 0.656. The Kier molecular flexibility index (Phi) is 4.04. The van der Waals surface area contributed by atoms with Gasteiger partial charge in [-0.3, -0.25) is 4.68 Å². The largest absolute Gasteiger partial charge is 0.322 e. The zero-order valence-electron chi connectivity index (χ0n) is 12.0. The number of aromatic nitrogens is 4. The SMILES string of the molecule is CCc1nn(C)cc1Cn1c(CCl)nc2ccc(Br)cc21. The summed E-state index contributed by atoms with van der Waals surface area (Å²) in [5, 5.41) is 4.50. The van der Waals surface area contributed by atoms with Gasteiger partial charge in [0, 0.05) is 23.3 Å². The molecule has 0 aliphatic heterocycles. The normalized spacial score (nSPS) is 11.4. The molecular formula is C15H16BrClN4. The van der Waals surface area contributed by atoms with Gasteiger partial charge in [-0.05, 0) is 24.6 Å². The Bertz CT molecular complexity index is 790. The first-order valence-corrected chi connectivity index (χ1v) is 8.17. The fourth-order valence-corrected chi connectivity index (χ4v) is 3.16. The van der Waals surface area contributed by atoms with Crippen molar-refractivity contribution in [1.82, 2.24) is 19.3 Å². The molecule has 2 aromatic heterocycles. The fourth-order valence-electron chi connectivity index (χ4n) is 2.61. The summed E-state index contributed by atoms with van der Waals surface area (Å²) in [5.74, 6) is 1.28. The maximum atomic E-state index is 6.07. The standard InChI is InChI=1S/C15H16BrClN4/c1-3-12-10(8-20(2)19-12)9-21-14-6-11(16)4-5-13(14)18-15(21)7-17/h4-6,8H,3,7,9H2,1-2H3. The van der Waals surface area contributed by atoms with E-state index in [2.05, 4.69) is 49.8 Å². The third-order valence-electron chi connectivity index (χ3n) is 3.56. The number of hydrogen-bond donors (Lipinski definition) is 0. The topological polar surface area (TPSA) is 35.6 Å².